The number of rotatable bonds is 5. The average molecular weight is 504 g/mol. The Bertz CT molecular complexity index is 1750. The van der Waals surface area contributed by atoms with Gasteiger partial charge in [0.1, 0.15) is 5.82 Å². The van der Waals surface area contributed by atoms with Crippen LogP contribution in [0.1, 0.15) is 21.5 Å². The topological polar surface area (TPSA) is 88.2 Å². The van der Waals surface area contributed by atoms with E-state index in [9.17, 15) is 17.6 Å². The highest BCUT2D eigenvalue weighted by atomic mass is 32.2. The fourth-order valence-corrected chi connectivity index (χ4v) is 6.47. The number of fused-ring (bicyclic) bond motifs is 2. The first kappa shape index (κ1) is 21.7. The molecule has 1 aliphatic rings. The van der Waals surface area contributed by atoms with Gasteiger partial charge >= 0.3 is 0 Å². The van der Waals surface area contributed by atoms with Crippen LogP contribution in [0, 0.1) is 5.82 Å². The lowest BCUT2D eigenvalue weighted by molar-refractivity contribution is 0.102. The summed E-state index contributed by atoms with van der Waals surface area (Å²) in [5.74, 6) is -0.927. The van der Waals surface area contributed by atoms with Gasteiger partial charge in [0.25, 0.3) is 15.9 Å². The molecule has 0 spiro atoms. The van der Waals surface area contributed by atoms with Crippen LogP contribution in [0.4, 0.5) is 15.2 Å². The molecule has 0 saturated carbocycles. The van der Waals surface area contributed by atoms with Gasteiger partial charge in [-0.15, -0.1) is 0 Å². The molecule has 0 atom stereocenters. The number of amides is 1. The number of aryl methyl sites for hydroxylation is 2. The Morgan fingerprint density at radius 3 is 2.54 bits per heavy atom. The Balaban J connectivity index is 1.26. The molecule has 4 aromatic carbocycles. The Hall–Kier alpha value is -3.82. The molecule has 1 amide bonds. The van der Waals surface area contributed by atoms with Crippen molar-refractivity contribution in [1.29, 1.82) is 0 Å². The van der Waals surface area contributed by atoms with Gasteiger partial charge in [-0.05, 0) is 77.9 Å². The maximum atomic E-state index is 13.1. The number of halogens is 1. The molecular weight excluding hydrogens is 485 g/mol. The number of carbonyl (C=O) groups is 1. The van der Waals surface area contributed by atoms with Crippen LogP contribution in [0.5, 0.6) is 0 Å². The maximum absolute atomic E-state index is 13.1. The van der Waals surface area contributed by atoms with Crippen LogP contribution >= 0.6 is 11.3 Å². The predicted molar refractivity (Wildman–Crippen MR) is 136 cm³/mol. The van der Waals surface area contributed by atoms with Crippen LogP contribution in [-0.2, 0) is 22.9 Å². The summed E-state index contributed by atoms with van der Waals surface area (Å²) in [5, 5.41) is 5.69. The molecule has 174 valence electrons. The second-order valence-corrected chi connectivity index (χ2v) is 11.0. The Labute approximate surface area is 204 Å². The van der Waals surface area contributed by atoms with Crippen molar-refractivity contribution in [2.24, 2.45) is 0 Å². The first-order valence-electron chi connectivity index (χ1n) is 10.9. The quantitative estimate of drug-likeness (QED) is 0.320. The van der Waals surface area contributed by atoms with Crippen molar-refractivity contribution in [3.05, 3.63) is 95.3 Å². The van der Waals surface area contributed by atoms with Gasteiger partial charge in [-0.2, -0.15) is 0 Å². The second-order valence-electron chi connectivity index (χ2n) is 8.34. The minimum absolute atomic E-state index is 0.0776. The van der Waals surface area contributed by atoms with Crippen LogP contribution < -0.4 is 10.0 Å². The lowest BCUT2D eigenvalue weighted by atomic mass is 10.0. The number of sulfonamides is 1. The highest BCUT2D eigenvalue weighted by Crippen LogP contribution is 2.39. The third kappa shape index (κ3) is 3.92. The monoisotopic (exact) mass is 503 g/mol. The lowest BCUT2D eigenvalue weighted by Gasteiger charge is -2.09. The van der Waals surface area contributed by atoms with E-state index in [0.717, 1.165) is 40.6 Å². The molecule has 0 bridgehead atoms. The van der Waals surface area contributed by atoms with Crippen molar-refractivity contribution < 1.29 is 17.6 Å². The molecule has 1 heterocycles. The van der Waals surface area contributed by atoms with E-state index in [1.165, 1.54) is 46.0 Å². The van der Waals surface area contributed by atoms with E-state index in [0.29, 0.717) is 5.13 Å². The van der Waals surface area contributed by atoms with Gasteiger partial charge in [-0.3, -0.25) is 14.8 Å². The Morgan fingerprint density at radius 1 is 0.943 bits per heavy atom. The van der Waals surface area contributed by atoms with Crippen molar-refractivity contribution in [2.75, 3.05) is 10.0 Å². The molecule has 6 rings (SSSR count). The van der Waals surface area contributed by atoms with Gasteiger partial charge in [0.05, 0.1) is 15.1 Å². The predicted octanol–water partition coefficient (Wildman–Crippen LogP) is 5.74. The van der Waals surface area contributed by atoms with Crippen LogP contribution in [-0.4, -0.2) is 19.3 Å². The molecule has 9 heteroatoms. The zero-order valence-corrected chi connectivity index (χ0v) is 19.8. The van der Waals surface area contributed by atoms with Gasteiger partial charge < -0.3 is 0 Å². The van der Waals surface area contributed by atoms with Gasteiger partial charge in [0.2, 0.25) is 0 Å². The molecule has 5 aromatic rings. The summed E-state index contributed by atoms with van der Waals surface area (Å²) in [7, 11) is -3.93. The van der Waals surface area contributed by atoms with Crippen LogP contribution in [0.25, 0.3) is 21.0 Å². The van der Waals surface area contributed by atoms with E-state index in [1.807, 2.05) is 6.07 Å². The summed E-state index contributed by atoms with van der Waals surface area (Å²) >= 11 is 1.42. The number of nitrogens with zero attached hydrogens (tertiary/aromatic N) is 1. The molecule has 1 aromatic heterocycles. The number of aromatic nitrogens is 1. The van der Waals surface area contributed by atoms with Crippen LogP contribution in [0.2, 0.25) is 0 Å². The maximum Gasteiger partial charge on any atom is 0.261 e. The first-order valence-corrected chi connectivity index (χ1v) is 13.2. The van der Waals surface area contributed by atoms with Gasteiger partial charge in [-0.25, -0.2) is 17.8 Å². The van der Waals surface area contributed by atoms with Crippen molar-refractivity contribution in [1.82, 2.24) is 4.98 Å². The molecule has 0 fully saturated rings. The van der Waals surface area contributed by atoms with E-state index in [-0.39, 0.29) is 16.1 Å². The van der Waals surface area contributed by atoms with E-state index < -0.39 is 21.7 Å². The zero-order chi connectivity index (χ0) is 24.2. The normalized spacial score (nSPS) is 12.8. The third-order valence-corrected chi connectivity index (χ3v) is 8.39. The zero-order valence-electron chi connectivity index (χ0n) is 18.2. The average Bonchev–Trinajstić information content (AvgIpc) is 3.44. The van der Waals surface area contributed by atoms with E-state index in [2.05, 4.69) is 33.2 Å². The van der Waals surface area contributed by atoms with Crippen molar-refractivity contribution in [2.45, 2.75) is 17.7 Å². The Morgan fingerprint density at radius 2 is 1.71 bits per heavy atom. The molecule has 0 aliphatic heterocycles. The molecule has 6 nitrogen and oxygen atoms in total. The number of thiazole rings is 1. The standard InChI is InChI=1S/C26H18FN3O3S2/c27-18-9-11-20(12-10-18)35(32,33)30-19-5-1-4-17(13-19)25(31)29-26-28-24-21-6-2-3-15-7-8-16(23(15)21)14-22(24)34-26/h1-6,9-14,30H,7-8H2,(H,28,29,31). The molecule has 1 aliphatic carbocycles. The number of hydrogen-bond acceptors (Lipinski definition) is 5. The summed E-state index contributed by atoms with van der Waals surface area (Å²) < 4.78 is 41.8. The SMILES string of the molecule is O=C(Nc1nc2c(cc3c4c(cccc42)CC3)s1)c1cccc(NS(=O)(=O)c2ccc(F)cc2)c1. The summed E-state index contributed by atoms with van der Waals surface area (Å²) in [5.41, 5.74) is 4.01. The van der Waals surface area contributed by atoms with E-state index in [4.69, 9.17) is 0 Å². The number of hydrogen-bond donors (Lipinski definition) is 2. The Kier molecular flexibility index (Phi) is 5.05. The number of anilines is 2. The number of carbonyl (C=O) groups excluding carboxylic acids is 1. The molecule has 2 N–H and O–H groups in total. The third-order valence-electron chi connectivity index (χ3n) is 6.07. The number of nitrogens with one attached hydrogen (secondary N) is 2. The smallest absolute Gasteiger partial charge is 0.261 e. The molecule has 0 saturated heterocycles. The fraction of sp³-hybridized carbons (Fsp3) is 0.0769. The van der Waals surface area contributed by atoms with Crippen molar-refractivity contribution in [3.8, 4) is 0 Å². The van der Waals surface area contributed by atoms with Crippen LogP contribution in [0.3, 0.4) is 0 Å². The fourth-order valence-electron chi connectivity index (χ4n) is 4.48. The summed E-state index contributed by atoms with van der Waals surface area (Å²) in [6, 6.07) is 19.1. The lowest BCUT2D eigenvalue weighted by Crippen LogP contribution is -2.15. The van der Waals surface area contributed by atoms with Gasteiger partial charge in [-0.1, -0.05) is 35.6 Å². The van der Waals surface area contributed by atoms with E-state index in [1.54, 1.807) is 18.2 Å². The molecular formula is C26H18FN3O3S2. The number of benzene rings is 4. The molecule has 35 heavy (non-hydrogen) atoms. The molecule has 0 radical (unpaired) electrons. The largest absolute Gasteiger partial charge is 0.298 e. The second kappa shape index (κ2) is 8.14. The summed E-state index contributed by atoms with van der Waals surface area (Å²) in [6.07, 6.45) is 2.04. The van der Waals surface area contributed by atoms with Crippen molar-refractivity contribution in [3.63, 3.8) is 0 Å². The highest BCUT2D eigenvalue weighted by Gasteiger charge is 2.20. The summed E-state index contributed by atoms with van der Waals surface area (Å²) in [4.78, 5) is 17.6. The van der Waals surface area contributed by atoms with Gasteiger partial charge in [0.15, 0.2) is 5.13 Å². The van der Waals surface area contributed by atoms with Gasteiger partial charge in [0, 0.05) is 16.6 Å². The first-order chi connectivity index (χ1) is 16.9. The van der Waals surface area contributed by atoms with E-state index >= 15 is 0 Å². The minimum atomic E-state index is -3.93. The summed E-state index contributed by atoms with van der Waals surface area (Å²) in [6.45, 7) is 0. The molecule has 0 unspecified atom stereocenters. The van der Waals surface area contributed by atoms with Crippen LogP contribution in [0.15, 0.2) is 77.7 Å². The van der Waals surface area contributed by atoms with Crippen molar-refractivity contribution >= 4 is 59.1 Å². The highest BCUT2D eigenvalue weighted by molar-refractivity contribution is 7.92. The minimum Gasteiger partial charge on any atom is -0.298 e.